The van der Waals surface area contributed by atoms with Crippen molar-refractivity contribution in [1.82, 2.24) is 4.90 Å². The van der Waals surface area contributed by atoms with Crippen LogP contribution in [0.15, 0.2) is 0 Å². The van der Waals surface area contributed by atoms with Gasteiger partial charge in [0.25, 0.3) is 5.91 Å². The number of likely N-dealkylation sites (tertiary alicyclic amines) is 1. The Balaban J connectivity index is 1.87. The predicted octanol–water partition coefficient (Wildman–Crippen LogP) is 4.60. The number of piperidine rings is 1. The van der Waals surface area contributed by atoms with Crippen molar-refractivity contribution in [2.24, 2.45) is 0 Å². The van der Waals surface area contributed by atoms with Gasteiger partial charge in [-0.25, -0.2) is 4.79 Å². The summed E-state index contributed by atoms with van der Waals surface area (Å²) in [5, 5.41) is 3.52. The van der Waals surface area contributed by atoms with Crippen LogP contribution in [0.4, 0.5) is 9.80 Å². The van der Waals surface area contributed by atoms with Crippen LogP contribution >= 0.6 is 11.3 Å². The Labute approximate surface area is 153 Å². The van der Waals surface area contributed by atoms with Crippen molar-refractivity contribution >= 4 is 28.3 Å². The Morgan fingerprint density at radius 1 is 1.04 bits per heavy atom. The van der Waals surface area contributed by atoms with Gasteiger partial charge in [-0.05, 0) is 71.3 Å². The Morgan fingerprint density at radius 2 is 1.72 bits per heavy atom. The van der Waals surface area contributed by atoms with Crippen LogP contribution in [-0.2, 0) is 17.6 Å². The van der Waals surface area contributed by atoms with Crippen molar-refractivity contribution in [3.63, 3.8) is 0 Å². The lowest BCUT2D eigenvalue weighted by Gasteiger charge is -2.27. The van der Waals surface area contributed by atoms with Gasteiger partial charge in [-0.1, -0.05) is 0 Å². The zero-order valence-electron chi connectivity index (χ0n) is 15.4. The summed E-state index contributed by atoms with van der Waals surface area (Å²) in [6.07, 6.45) is 7.01. The van der Waals surface area contributed by atoms with Crippen molar-refractivity contribution < 1.29 is 14.3 Å². The minimum Gasteiger partial charge on any atom is -0.444 e. The van der Waals surface area contributed by atoms with Crippen molar-refractivity contribution in [3.05, 3.63) is 16.0 Å². The Hall–Kier alpha value is -1.56. The summed E-state index contributed by atoms with van der Waals surface area (Å²) in [5.41, 5.74) is 1.31. The first-order valence-corrected chi connectivity index (χ1v) is 10.1. The number of ether oxygens (including phenoxy) is 1. The first-order chi connectivity index (χ1) is 11.8. The van der Waals surface area contributed by atoms with E-state index in [4.69, 9.17) is 4.74 Å². The fraction of sp³-hybridized carbons (Fsp3) is 0.684. The normalized spacial score (nSPS) is 17.8. The van der Waals surface area contributed by atoms with Gasteiger partial charge in [-0.2, -0.15) is 0 Å². The van der Waals surface area contributed by atoms with Gasteiger partial charge in [0.05, 0.1) is 5.56 Å². The van der Waals surface area contributed by atoms with E-state index in [2.05, 4.69) is 5.32 Å². The molecule has 1 aliphatic heterocycles. The number of aryl methyl sites for hydroxylation is 1. The first kappa shape index (κ1) is 18.2. The van der Waals surface area contributed by atoms with Crippen LogP contribution in [0.5, 0.6) is 0 Å². The van der Waals surface area contributed by atoms with Crippen LogP contribution in [0.3, 0.4) is 0 Å². The van der Waals surface area contributed by atoms with E-state index in [1.54, 1.807) is 11.3 Å². The number of fused-ring (bicyclic) bond motifs is 1. The molecule has 0 saturated carbocycles. The van der Waals surface area contributed by atoms with Gasteiger partial charge in [0.15, 0.2) is 0 Å². The molecule has 0 aromatic carbocycles. The molecule has 0 unspecified atom stereocenters. The first-order valence-electron chi connectivity index (χ1n) is 9.29. The largest absolute Gasteiger partial charge is 0.444 e. The number of anilines is 1. The summed E-state index contributed by atoms with van der Waals surface area (Å²) in [7, 11) is 0. The number of nitrogens with one attached hydrogen (secondary N) is 1. The van der Waals surface area contributed by atoms with E-state index in [1.165, 1.54) is 11.3 Å². The number of thiophene rings is 1. The van der Waals surface area contributed by atoms with E-state index in [9.17, 15) is 9.59 Å². The van der Waals surface area contributed by atoms with E-state index in [1.807, 2.05) is 25.7 Å². The van der Waals surface area contributed by atoms with Crippen molar-refractivity contribution in [2.75, 3.05) is 18.4 Å². The number of nitrogens with zero attached hydrogens (tertiary/aromatic N) is 1. The van der Waals surface area contributed by atoms with Gasteiger partial charge in [-0.15, -0.1) is 11.3 Å². The van der Waals surface area contributed by atoms with Gasteiger partial charge in [0.1, 0.15) is 10.6 Å². The van der Waals surface area contributed by atoms with Crippen molar-refractivity contribution in [2.45, 2.75) is 71.3 Å². The number of carbonyl (C=O) groups excluding carboxylic acids is 2. The monoisotopic (exact) mass is 364 g/mol. The van der Waals surface area contributed by atoms with E-state index in [0.29, 0.717) is 10.6 Å². The molecule has 138 valence electrons. The molecule has 25 heavy (non-hydrogen) atoms. The van der Waals surface area contributed by atoms with Gasteiger partial charge >= 0.3 is 6.09 Å². The molecule has 2 aliphatic rings. The van der Waals surface area contributed by atoms with Crippen LogP contribution in [0.2, 0.25) is 0 Å². The van der Waals surface area contributed by atoms with Crippen LogP contribution in [-0.4, -0.2) is 35.6 Å². The summed E-state index contributed by atoms with van der Waals surface area (Å²) in [6, 6.07) is 0. The summed E-state index contributed by atoms with van der Waals surface area (Å²) in [6.45, 7) is 7.15. The second kappa shape index (κ2) is 7.36. The number of rotatable bonds is 2. The predicted molar refractivity (Wildman–Crippen MR) is 101 cm³/mol. The molecule has 2 amide bonds. The van der Waals surface area contributed by atoms with E-state index >= 15 is 0 Å². The zero-order valence-corrected chi connectivity index (χ0v) is 16.3. The molecular formula is C19H28N2O3S. The Bertz CT molecular complexity index is 654. The maximum Gasteiger partial charge on any atom is 0.412 e. The molecule has 0 radical (unpaired) electrons. The maximum absolute atomic E-state index is 13.2. The summed E-state index contributed by atoms with van der Waals surface area (Å²) < 4.78 is 5.39. The third-order valence-electron chi connectivity index (χ3n) is 4.64. The molecule has 1 aromatic rings. The summed E-state index contributed by atoms with van der Waals surface area (Å²) in [4.78, 5) is 28.6. The second-order valence-corrected chi connectivity index (χ2v) is 9.00. The lowest BCUT2D eigenvalue weighted by Crippen LogP contribution is -2.36. The number of amides is 2. The minimum absolute atomic E-state index is 0.0742. The molecule has 5 nitrogen and oxygen atoms in total. The topological polar surface area (TPSA) is 58.6 Å². The van der Waals surface area contributed by atoms with Crippen LogP contribution in [0.1, 0.15) is 73.7 Å². The average Bonchev–Trinajstić information content (AvgIpc) is 2.90. The Kier molecular flexibility index (Phi) is 5.37. The standard InChI is InChI=1S/C19H28N2O3S/c1-19(2,3)24-18(23)20-16-15(13-9-5-6-10-14(13)25-16)17(22)21-11-7-4-8-12-21/h4-12H2,1-3H3,(H,20,23). The fourth-order valence-corrected chi connectivity index (χ4v) is 4.80. The highest BCUT2D eigenvalue weighted by molar-refractivity contribution is 7.17. The average molecular weight is 365 g/mol. The smallest absolute Gasteiger partial charge is 0.412 e. The van der Waals surface area contributed by atoms with Gasteiger partial charge in [0.2, 0.25) is 0 Å². The zero-order chi connectivity index (χ0) is 18.0. The number of hydrogen-bond donors (Lipinski definition) is 1. The molecule has 0 atom stereocenters. The molecule has 3 rings (SSSR count). The van der Waals surface area contributed by atoms with Crippen LogP contribution in [0.25, 0.3) is 0 Å². The van der Waals surface area contributed by atoms with Crippen LogP contribution < -0.4 is 5.32 Å². The third-order valence-corrected chi connectivity index (χ3v) is 5.85. The van der Waals surface area contributed by atoms with Gasteiger partial charge in [-0.3, -0.25) is 10.1 Å². The Morgan fingerprint density at radius 3 is 2.40 bits per heavy atom. The van der Waals surface area contributed by atoms with Crippen molar-refractivity contribution in [1.29, 1.82) is 0 Å². The number of hydrogen-bond acceptors (Lipinski definition) is 4. The number of carbonyl (C=O) groups is 2. The highest BCUT2D eigenvalue weighted by Crippen LogP contribution is 2.39. The lowest BCUT2D eigenvalue weighted by molar-refractivity contribution is 0.0636. The van der Waals surface area contributed by atoms with E-state index in [-0.39, 0.29) is 5.91 Å². The molecule has 1 N–H and O–H groups in total. The van der Waals surface area contributed by atoms with E-state index in [0.717, 1.165) is 57.2 Å². The molecule has 0 spiro atoms. The maximum atomic E-state index is 13.2. The molecule has 1 saturated heterocycles. The molecule has 1 aromatic heterocycles. The third kappa shape index (κ3) is 4.35. The molecule has 2 heterocycles. The highest BCUT2D eigenvalue weighted by atomic mass is 32.1. The van der Waals surface area contributed by atoms with Gasteiger partial charge < -0.3 is 9.64 Å². The molecular weight excluding hydrogens is 336 g/mol. The van der Waals surface area contributed by atoms with Crippen LogP contribution in [0, 0.1) is 0 Å². The summed E-state index contributed by atoms with van der Waals surface area (Å²) >= 11 is 1.55. The SMILES string of the molecule is CC(C)(C)OC(=O)Nc1sc2c(c1C(=O)N1CCCCC1)CCCC2. The summed E-state index contributed by atoms with van der Waals surface area (Å²) in [5.74, 6) is 0.0742. The second-order valence-electron chi connectivity index (χ2n) is 7.89. The van der Waals surface area contributed by atoms with E-state index < -0.39 is 11.7 Å². The minimum atomic E-state index is -0.558. The lowest BCUT2D eigenvalue weighted by atomic mass is 9.94. The molecule has 6 heteroatoms. The van der Waals surface area contributed by atoms with Crippen molar-refractivity contribution in [3.8, 4) is 0 Å². The quantitative estimate of drug-likeness (QED) is 0.834. The highest BCUT2D eigenvalue weighted by Gasteiger charge is 2.30. The fourth-order valence-electron chi connectivity index (χ4n) is 3.53. The van der Waals surface area contributed by atoms with Gasteiger partial charge in [0, 0.05) is 18.0 Å². The molecule has 1 aliphatic carbocycles. The molecule has 0 bridgehead atoms. The molecule has 1 fully saturated rings.